The average molecular weight is 461 g/mol. The Morgan fingerprint density at radius 1 is 1.27 bits per heavy atom. The van der Waals surface area contributed by atoms with Gasteiger partial charge in [-0.3, -0.25) is 14.5 Å². The van der Waals surface area contributed by atoms with Crippen LogP contribution in [0.2, 0.25) is 5.02 Å². The van der Waals surface area contributed by atoms with Crippen molar-refractivity contribution >= 4 is 56.9 Å². The second kappa shape index (κ2) is 7.86. The number of methoxy groups -OCH3 is 1. The number of ether oxygens (including phenoxy) is 1. The minimum Gasteiger partial charge on any atom is -0.507 e. The smallest absolute Gasteiger partial charge is 0.301 e. The number of aryl methyl sites for hydroxylation is 2. The van der Waals surface area contributed by atoms with E-state index < -0.39 is 17.7 Å². The molecule has 0 bridgehead atoms. The molecule has 0 radical (unpaired) electrons. The van der Waals surface area contributed by atoms with Crippen LogP contribution in [0.1, 0.15) is 27.1 Å². The van der Waals surface area contributed by atoms with Crippen molar-refractivity contribution < 1.29 is 19.4 Å². The van der Waals surface area contributed by atoms with E-state index in [0.29, 0.717) is 16.4 Å². The lowest BCUT2D eigenvalue weighted by atomic mass is 10.00. The summed E-state index contributed by atoms with van der Waals surface area (Å²) < 4.78 is 5.15. The number of nitrogens with zero attached hydrogens (tertiary/aromatic N) is 2. The SMILES string of the molecule is COc1ccc(C(O)=C2C(=O)C(=O)N(c3nc(C)c(C)s3)[C@H]2c2cccs2)cc1Cl. The summed E-state index contributed by atoms with van der Waals surface area (Å²) in [6, 6.07) is 7.60. The molecule has 1 aliphatic rings. The summed E-state index contributed by atoms with van der Waals surface area (Å²) in [5, 5.41) is 13.6. The van der Waals surface area contributed by atoms with Gasteiger partial charge >= 0.3 is 5.91 Å². The third-order valence-corrected chi connectivity index (χ3v) is 7.20. The number of aliphatic hydroxyl groups is 1. The average Bonchev–Trinajstić information content (AvgIpc) is 3.42. The van der Waals surface area contributed by atoms with Crippen molar-refractivity contribution in [3.05, 3.63) is 67.3 Å². The first-order valence-electron chi connectivity index (χ1n) is 8.95. The highest BCUT2D eigenvalue weighted by atomic mass is 35.5. The molecule has 0 aliphatic carbocycles. The van der Waals surface area contributed by atoms with E-state index in [2.05, 4.69) is 4.98 Å². The monoisotopic (exact) mass is 460 g/mol. The van der Waals surface area contributed by atoms with Crippen LogP contribution in [0.4, 0.5) is 5.13 Å². The fourth-order valence-electron chi connectivity index (χ4n) is 3.27. The molecular formula is C21H17ClN2O4S2. The van der Waals surface area contributed by atoms with Crippen molar-refractivity contribution in [3.8, 4) is 5.75 Å². The number of amides is 1. The summed E-state index contributed by atoms with van der Waals surface area (Å²) in [5.74, 6) is -1.33. The van der Waals surface area contributed by atoms with Crippen molar-refractivity contribution in [2.75, 3.05) is 12.0 Å². The van der Waals surface area contributed by atoms with Crippen molar-refractivity contribution in [2.45, 2.75) is 19.9 Å². The molecule has 2 aromatic heterocycles. The molecule has 1 N–H and O–H groups in total. The number of carbonyl (C=O) groups is 2. The van der Waals surface area contributed by atoms with Crippen LogP contribution in [0.3, 0.4) is 0 Å². The van der Waals surface area contributed by atoms with Crippen molar-refractivity contribution in [1.82, 2.24) is 4.98 Å². The van der Waals surface area contributed by atoms with E-state index >= 15 is 0 Å². The molecule has 6 nitrogen and oxygen atoms in total. The lowest BCUT2D eigenvalue weighted by molar-refractivity contribution is -0.132. The molecule has 1 amide bonds. The number of carbonyl (C=O) groups excluding carboxylic acids is 2. The Morgan fingerprint density at radius 3 is 2.60 bits per heavy atom. The van der Waals surface area contributed by atoms with E-state index in [4.69, 9.17) is 16.3 Å². The minimum atomic E-state index is -0.768. The maximum Gasteiger partial charge on any atom is 0.301 e. The maximum atomic E-state index is 13.0. The summed E-state index contributed by atoms with van der Waals surface area (Å²) >= 11 is 8.94. The van der Waals surface area contributed by atoms with Crippen LogP contribution < -0.4 is 9.64 Å². The third kappa shape index (κ3) is 3.30. The number of Topliss-reactive ketones (excluding diaryl/α,β-unsaturated/α-hetero) is 1. The summed E-state index contributed by atoms with van der Waals surface area (Å²) in [4.78, 5) is 33.6. The fraction of sp³-hybridized carbons (Fsp3) is 0.190. The zero-order valence-electron chi connectivity index (χ0n) is 16.3. The van der Waals surface area contributed by atoms with Crippen LogP contribution in [-0.4, -0.2) is 28.9 Å². The summed E-state index contributed by atoms with van der Waals surface area (Å²) in [6.45, 7) is 3.76. The molecule has 154 valence electrons. The van der Waals surface area contributed by atoms with Gasteiger partial charge in [0, 0.05) is 15.3 Å². The number of aromatic nitrogens is 1. The summed E-state index contributed by atoms with van der Waals surface area (Å²) in [7, 11) is 1.49. The molecule has 1 fully saturated rings. The van der Waals surface area contributed by atoms with Gasteiger partial charge in [-0.15, -0.1) is 22.7 Å². The van der Waals surface area contributed by atoms with E-state index in [-0.39, 0.29) is 16.4 Å². The highest BCUT2D eigenvalue weighted by Gasteiger charge is 2.48. The number of thiazole rings is 1. The van der Waals surface area contributed by atoms with Gasteiger partial charge in [0.05, 0.1) is 23.4 Å². The maximum absolute atomic E-state index is 13.0. The van der Waals surface area contributed by atoms with E-state index in [9.17, 15) is 14.7 Å². The molecule has 0 saturated carbocycles. The van der Waals surface area contributed by atoms with Crippen LogP contribution in [0, 0.1) is 13.8 Å². The third-order valence-electron chi connectivity index (χ3n) is 4.91. The zero-order valence-corrected chi connectivity index (χ0v) is 18.7. The Morgan fingerprint density at radius 2 is 2.03 bits per heavy atom. The molecule has 0 spiro atoms. The minimum absolute atomic E-state index is 0.00851. The molecule has 1 aliphatic heterocycles. The Labute approximate surface area is 186 Å². The van der Waals surface area contributed by atoms with Gasteiger partial charge in [0.15, 0.2) is 5.13 Å². The predicted molar refractivity (Wildman–Crippen MR) is 119 cm³/mol. The number of thiophene rings is 1. The van der Waals surface area contributed by atoms with Gasteiger partial charge in [-0.05, 0) is 43.5 Å². The van der Waals surface area contributed by atoms with Gasteiger partial charge in [-0.25, -0.2) is 4.98 Å². The fourth-order valence-corrected chi connectivity index (χ4v) is 5.29. The molecule has 0 unspecified atom stereocenters. The topological polar surface area (TPSA) is 79.7 Å². The molecule has 1 saturated heterocycles. The first kappa shape index (κ1) is 20.6. The standard InChI is InChI=1S/C21H17ClN2O4S2/c1-10-11(2)30-21(23-10)24-17(15-5-4-8-29-15)16(19(26)20(24)27)18(25)12-6-7-14(28-3)13(22)9-12/h4-9,17,25H,1-3H3/t17-/m0/s1. The van der Waals surface area contributed by atoms with E-state index in [1.165, 1.54) is 40.7 Å². The van der Waals surface area contributed by atoms with Crippen LogP contribution in [0.15, 0.2) is 41.3 Å². The number of ketones is 1. The molecule has 3 aromatic rings. The number of anilines is 1. The van der Waals surface area contributed by atoms with Gasteiger partial charge in [-0.2, -0.15) is 0 Å². The normalized spacial score (nSPS) is 18.3. The molecule has 1 aromatic carbocycles. The van der Waals surface area contributed by atoms with Crippen LogP contribution >= 0.6 is 34.3 Å². The van der Waals surface area contributed by atoms with Crippen LogP contribution in [0.5, 0.6) is 5.75 Å². The Balaban J connectivity index is 1.91. The van der Waals surface area contributed by atoms with Gasteiger partial charge in [0.2, 0.25) is 0 Å². The quantitative estimate of drug-likeness (QED) is 0.332. The second-order valence-corrected chi connectivity index (χ2v) is 9.24. The number of aliphatic hydroxyl groups excluding tert-OH is 1. The second-order valence-electron chi connectivity index (χ2n) is 6.67. The molecule has 4 rings (SSSR count). The van der Waals surface area contributed by atoms with Gasteiger partial charge in [0.1, 0.15) is 17.6 Å². The molecular weight excluding hydrogens is 444 g/mol. The van der Waals surface area contributed by atoms with Crippen LogP contribution in [-0.2, 0) is 9.59 Å². The predicted octanol–water partition coefficient (Wildman–Crippen LogP) is 5.11. The lowest BCUT2D eigenvalue weighted by Crippen LogP contribution is -2.29. The summed E-state index contributed by atoms with van der Waals surface area (Å²) in [5.41, 5.74) is 1.13. The zero-order chi connectivity index (χ0) is 21.6. The van der Waals surface area contributed by atoms with Gasteiger partial charge in [0.25, 0.3) is 5.78 Å². The first-order valence-corrected chi connectivity index (χ1v) is 11.0. The lowest BCUT2D eigenvalue weighted by Gasteiger charge is -2.21. The van der Waals surface area contributed by atoms with E-state index in [1.54, 1.807) is 12.1 Å². The van der Waals surface area contributed by atoms with Gasteiger partial charge in [-0.1, -0.05) is 17.7 Å². The largest absolute Gasteiger partial charge is 0.507 e. The number of hydrogen-bond donors (Lipinski definition) is 1. The Bertz CT molecular complexity index is 1160. The van der Waals surface area contributed by atoms with E-state index in [0.717, 1.165) is 15.4 Å². The van der Waals surface area contributed by atoms with Crippen molar-refractivity contribution in [3.63, 3.8) is 0 Å². The highest BCUT2D eigenvalue weighted by molar-refractivity contribution is 7.16. The van der Waals surface area contributed by atoms with E-state index in [1.807, 2.05) is 31.4 Å². The van der Waals surface area contributed by atoms with Gasteiger partial charge < -0.3 is 9.84 Å². The highest BCUT2D eigenvalue weighted by Crippen LogP contribution is 2.45. The van der Waals surface area contributed by atoms with Crippen molar-refractivity contribution in [1.29, 1.82) is 0 Å². The summed E-state index contributed by atoms with van der Waals surface area (Å²) in [6.07, 6.45) is 0. The molecule has 30 heavy (non-hydrogen) atoms. The molecule has 9 heteroatoms. The number of hydrogen-bond acceptors (Lipinski definition) is 7. The number of benzene rings is 1. The Kier molecular flexibility index (Phi) is 5.40. The van der Waals surface area contributed by atoms with Crippen molar-refractivity contribution in [2.24, 2.45) is 0 Å². The number of halogens is 1. The molecule has 3 heterocycles. The molecule has 1 atom stereocenters. The Hall–Kier alpha value is -2.68. The first-order chi connectivity index (χ1) is 14.3. The van der Waals surface area contributed by atoms with Crippen LogP contribution in [0.25, 0.3) is 5.76 Å². The number of rotatable bonds is 4.